The second-order valence-corrected chi connectivity index (χ2v) is 3.75. The number of amides is 1. The lowest BCUT2D eigenvalue weighted by molar-refractivity contribution is -0.138. The molecule has 0 aromatic rings. The highest BCUT2D eigenvalue weighted by molar-refractivity contribution is 5.89. The van der Waals surface area contributed by atoms with E-state index in [0.717, 1.165) is 0 Å². The molecule has 0 bridgehead atoms. The van der Waals surface area contributed by atoms with E-state index in [0.29, 0.717) is 18.4 Å². The van der Waals surface area contributed by atoms with E-state index in [2.05, 4.69) is 18.5 Å². The molecule has 1 amide bonds. The SMILES string of the molecule is C=CC(=O)CCCOC(=O)NCCOC(=O)C(=C)C. The van der Waals surface area contributed by atoms with Gasteiger partial charge in [-0.05, 0) is 19.4 Å². The molecule has 6 heteroatoms. The molecule has 0 saturated carbocycles. The van der Waals surface area contributed by atoms with Gasteiger partial charge in [0.15, 0.2) is 5.78 Å². The molecule has 0 heterocycles. The summed E-state index contributed by atoms with van der Waals surface area (Å²) in [6.07, 6.45) is 1.36. The van der Waals surface area contributed by atoms with E-state index < -0.39 is 12.1 Å². The Morgan fingerprint density at radius 3 is 2.47 bits per heavy atom. The predicted molar refractivity (Wildman–Crippen MR) is 69.6 cm³/mol. The Bertz CT molecular complexity index is 362. The van der Waals surface area contributed by atoms with E-state index in [1.807, 2.05) is 0 Å². The van der Waals surface area contributed by atoms with E-state index in [4.69, 9.17) is 9.47 Å². The van der Waals surface area contributed by atoms with E-state index in [1.165, 1.54) is 13.0 Å². The van der Waals surface area contributed by atoms with Crippen molar-refractivity contribution in [1.29, 1.82) is 0 Å². The first-order chi connectivity index (χ1) is 8.97. The maximum absolute atomic E-state index is 11.1. The van der Waals surface area contributed by atoms with E-state index in [9.17, 15) is 14.4 Å². The summed E-state index contributed by atoms with van der Waals surface area (Å²) in [6.45, 7) is 8.65. The van der Waals surface area contributed by atoms with Gasteiger partial charge in [-0.2, -0.15) is 0 Å². The molecule has 0 atom stereocenters. The number of allylic oxidation sites excluding steroid dienone is 1. The van der Waals surface area contributed by atoms with Crippen LogP contribution >= 0.6 is 0 Å². The van der Waals surface area contributed by atoms with Crippen molar-refractivity contribution in [3.63, 3.8) is 0 Å². The summed E-state index contributed by atoms with van der Waals surface area (Å²) in [5.74, 6) is -0.589. The predicted octanol–water partition coefficient (Wildman–Crippen LogP) is 1.37. The maximum atomic E-state index is 11.1. The van der Waals surface area contributed by atoms with Crippen LogP contribution in [0.5, 0.6) is 0 Å². The lowest BCUT2D eigenvalue weighted by atomic mass is 10.2. The lowest BCUT2D eigenvalue weighted by Gasteiger charge is -2.07. The summed E-state index contributed by atoms with van der Waals surface area (Å²) < 4.78 is 9.56. The Hall–Kier alpha value is -2.11. The van der Waals surface area contributed by atoms with Crippen LogP contribution in [-0.2, 0) is 19.1 Å². The van der Waals surface area contributed by atoms with Crippen molar-refractivity contribution in [3.8, 4) is 0 Å². The molecular weight excluding hydrogens is 250 g/mol. The molecule has 1 N–H and O–H groups in total. The number of rotatable bonds is 9. The zero-order valence-electron chi connectivity index (χ0n) is 11.1. The van der Waals surface area contributed by atoms with Crippen LogP contribution in [0.1, 0.15) is 19.8 Å². The summed E-state index contributed by atoms with van der Waals surface area (Å²) in [7, 11) is 0. The number of hydrogen-bond donors (Lipinski definition) is 1. The van der Waals surface area contributed by atoms with Gasteiger partial charge in [0.2, 0.25) is 0 Å². The fourth-order valence-electron chi connectivity index (χ4n) is 0.984. The fraction of sp³-hybridized carbons (Fsp3) is 0.462. The van der Waals surface area contributed by atoms with E-state index >= 15 is 0 Å². The van der Waals surface area contributed by atoms with Gasteiger partial charge in [-0.15, -0.1) is 0 Å². The Morgan fingerprint density at radius 2 is 1.89 bits per heavy atom. The number of ketones is 1. The Balaban J connectivity index is 3.50. The van der Waals surface area contributed by atoms with Gasteiger partial charge >= 0.3 is 12.1 Å². The molecule has 0 aliphatic carbocycles. The van der Waals surface area contributed by atoms with Gasteiger partial charge in [0.25, 0.3) is 0 Å². The second-order valence-electron chi connectivity index (χ2n) is 3.75. The van der Waals surface area contributed by atoms with Gasteiger partial charge in [0, 0.05) is 12.0 Å². The van der Waals surface area contributed by atoms with Gasteiger partial charge in [0.1, 0.15) is 6.61 Å². The van der Waals surface area contributed by atoms with Crippen molar-refractivity contribution in [1.82, 2.24) is 5.32 Å². The zero-order chi connectivity index (χ0) is 14.7. The first-order valence-corrected chi connectivity index (χ1v) is 5.86. The molecule has 6 nitrogen and oxygen atoms in total. The number of carbonyl (C=O) groups is 3. The highest BCUT2D eigenvalue weighted by Crippen LogP contribution is 1.93. The molecule has 106 valence electrons. The highest BCUT2D eigenvalue weighted by atomic mass is 16.6. The standard InChI is InChI=1S/C13H19NO5/c1-4-11(15)6-5-8-19-13(17)14-7-9-18-12(16)10(2)3/h4H,1-2,5-9H2,3H3,(H,14,17). The highest BCUT2D eigenvalue weighted by Gasteiger charge is 2.04. The van der Waals surface area contributed by atoms with Crippen molar-refractivity contribution in [2.24, 2.45) is 0 Å². The molecule has 0 radical (unpaired) electrons. The third kappa shape index (κ3) is 9.58. The van der Waals surface area contributed by atoms with Gasteiger partial charge in [0.05, 0.1) is 13.2 Å². The minimum atomic E-state index is -0.613. The summed E-state index contributed by atoms with van der Waals surface area (Å²) in [6, 6.07) is 0. The Kier molecular flexibility index (Phi) is 8.78. The number of nitrogens with one attached hydrogen (secondary N) is 1. The van der Waals surface area contributed by atoms with Crippen LogP contribution in [0.25, 0.3) is 0 Å². The van der Waals surface area contributed by atoms with Crippen LogP contribution in [0.3, 0.4) is 0 Å². The topological polar surface area (TPSA) is 81.7 Å². The van der Waals surface area contributed by atoms with E-state index in [1.54, 1.807) is 0 Å². The average Bonchev–Trinajstić information content (AvgIpc) is 2.38. The van der Waals surface area contributed by atoms with Crippen molar-refractivity contribution >= 4 is 17.8 Å². The summed E-state index contributed by atoms with van der Waals surface area (Å²) >= 11 is 0. The van der Waals surface area contributed by atoms with Crippen LogP contribution < -0.4 is 5.32 Å². The molecule has 19 heavy (non-hydrogen) atoms. The molecule has 0 fully saturated rings. The van der Waals surface area contributed by atoms with Gasteiger partial charge in [-0.3, -0.25) is 4.79 Å². The second kappa shape index (κ2) is 9.87. The Labute approximate surface area is 112 Å². The van der Waals surface area contributed by atoms with Crippen molar-refractivity contribution in [3.05, 3.63) is 24.8 Å². The zero-order valence-corrected chi connectivity index (χ0v) is 11.1. The molecule has 0 aromatic heterocycles. The number of alkyl carbamates (subject to hydrolysis) is 1. The van der Waals surface area contributed by atoms with Crippen molar-refractivity contribution in [2.75, 3.05) is 19.8 Å². The van der Waals surface area contributed by atoms with Crippen LogP contribution in [0.4, 0.5) is 4.79 Å². The summed E-state index contributed by atoms with van der Waals surface area (Å²) in [4.78, 5) is 33.0. The van der Waals surface area contributed by atoms with Crippen LogP contribution in [-0.4, -0.2) is 37.6 Å². The third-order valence-corrected chi connectivity index (χ3v) is 1.98. The van der Waals surface area contributed by atoms with Crippen LogP contribution in [0.2, 0.25) is 0 Å². The van der Waals surface area contributed by atoms with Gasteiger partial charge in [-0.25, -0.2) is 9.59 Å². The van der Waals surface area contributed by atoms with Gasteiger partial charge < -0.3 is 14.8 Å². The minimum Gasteiger partial charge on any atom is -0.460 e. The first-order valence-electron chi connectivity index (χ1n) is 5.86. The first kappa shape index (κ1) is 16.9. The number of hydrogen-bond acceptors (Lipinski definition) is 5. The quantitative estimate of drug-likeness (QED) is 0.388. The lowest BCUT2D eigenvalue weighted by Crippen LogP contribution is -2.29. The molecule has 0 aliphatic heterocycles. The monoisotopic (exact) mass is 269 g/mol. The molecule has 0 aromatic carbocycles. The average molecular weight is 269 g/mol. The molecular formula is C13H19NO5. The normalized spacial score (nSPS) is 9.32. The van der Waals surface area contributed by atoms with Crippen molar-refractivity contribution in [2.45, 2.75) is 19.8 Å². The Morgan fingerprint density at radius 1 is 1.21 bits per heavy atom. The van der Waals surface area contributed by atoms with Crippen molar-refractivity contribution < 1.29 is 23.9 Å². The number of carbonyl (C=O) groups excluding carboxylic acids is 3. The van der Waals surface area contributed by atoms with Crippen LogP contribution in [0, 0.1) is 0 Å². The van der Waals surface area contributed by atoms with Crippen LogP contribution in [0.15, 0.2) is 24.8 Å². The molecule has 0 rings (SSSR count). The molecule has 0 saturated heterocycles. The summed E-state index contributed by atoms with van der Waals surface area (Å²) in [5, 5.41) is 2.41. The van der Waals surface area contributed by atoms with Gasteiger partial charge in [-0.1, -0.05) is 13.2 Å². The number of esters is 1. The third-order valence-electron chi connectivity index (χ3n) is 1.98. The molecule has 0 spiro atoms. The largest absolute Gasteiger partial charge is 0.460 e. The van der Waals surface area contributed by atoms with E-state index in [-0.39, 0.29) is 25.5 Å². The minimum absolute atomic E-state index is 0.0513. The fourth-order valence-corrected chi connectivity index (χ4v) is 0.984. The molecule has 0 unspecified atom stereocenters. The maximum Gasteiger partial charge on any atom is 0.407 e. The number of ether oxygens (including phenoxy) is 2. The molecule has 0 aliphatic rings. The smallest absolute Gasteiger partial charge is 0.407 e. The summed E-state index contributed by atoms with van der Waals surface area (Å²) in [5.41, 5.74) is 0.300.